The fraction of sp³-hybridized carbons (Fsp3) is 0.778. The van der Waals surface area contributed by atoms with E-state index in [0.717, 1.165) is 25.7 Å². The van der Waals surface area contributed by atoms with Crippen LogP contribution in [0, 0.1) is 0 Å². The van der Waals surface area contributed by atoms with Gasteiger partial charge in [0.2, 0.25) is 0 Å². The zero-order valence-electron chi connectivity index (χ0n) is 13.8. The van der Waals surface area contributed by atoms with Gasteiger partial charge in [-0.05, 0) is 25.7 Å². The molecular weight excluding hydrogens is 280 g/mol. The minimum Gasteiger partial charge on any atom is -0.481 e. The second-order valence-electron chi connectivity index (χ2n) is 6.13. The first-order valence-electron chi connectivity index (χ1n) is 8.69. The van der Waals surface area contributed by atoms with E-state index in [1.54, 1.807) is 0 Å². The molecule has 0 bridgehead atoms. The number of Topliss-reactive ketones (excluding diaryl/α,β-unsaturated/α-hetero) is 1. The number of carbonyl (C=O) groups excluding carboxylic acids is 1. The summed E-state index contributed by atoms with van der Waals surface area (Å²) in [7, 11) is 0. The van der Waals surface area contributed by atoms with E-state index in [0.29, 0.717) is 18.6 Å². The van der Waals surface area contributed by atoms with E-state index >= 15 is 0 Å². The van der Waals surface area contributed by atoms with Gasteiger partial charge in [0.1, 0.15) is 18.3 Å². The van der Waals surface area contributed by atoms with Crippen LogP contribution in [0.4, 0.5) is 0 Å². The third-order valence-electron chi connectivity index (χ3n) is 3.96. The fourth-order valence-corrected chi connectivity index (χ4v) is 2.58. The number of carbonyl (C=O) groups is 2. The van der Waals surface area contributed by atoms with E-state index in [1.165, 1.54) is 32.1 Å². The average molecular weight is 310 g/mol. The molecule has 1 saturated heterocycles. The lowest BCUT2D eigenvalue weighted by atomic mass is 10.1. The number of carboxylic acid groups (broad SMARTS) is 1. The molecule has 2 atom stereocenters. The molecule has 0 saturated carbocycles. The molecule has 1 N–H and O–H groups in total. The van der Waals surface area contributed by atoms with E-state index in [4.69, 9.17) is 9.84 Å². The first-order chi connectivity index (χ1) is 10.6. The van der Waals surface area contributed by atoms with Crippen LogP contribution in [0.5, 0.6) is 0 Å². The van der Waals surface area contributed by atoms with Gasteiger partial charge in [-0.2, -0.15) is 0 Å². The maximum Gasteiger partial charge on any atom is 0.310 e. The first-order valence-corrected chi connectivity index (χ1v) is 8.69. The lowest BCUT2D eigenvalue weighted by Crippen LogP contribution is -2.05. The summed E-state index contributed by atoms with van der Waals surface area (Å²) in [6, 6.07) is 0. The maximum atomic E-state index is 11.2. The molecule has 1 aliphatic heterocycles. The van der Waals surface area contributed by atoms with Crippen LogP contribution in [-0.4, -0.2) is 29.1 Å². The van der Waals surface area contributed by atoms with Crippen molar-refractivity contribution >= 4 is 11.8 Å². The number of epoxide rings is 1. The SMILES string of the molecule is CCCCCCC1OC1/C=C/CCCCCC(=O)CC(=O)O. The summed E-state index contributed by atoms with van der Waals surface area (Å²) in [5.74, 6) is -1.19. The molecule has 0 spiro atoms. The van der Waals surface area contributed by atoms with Crippen molar-refractivity contribution in [2.75, 3.05) is 0 Å². The molecule has 2 unspecified atom stereocenters. The molecule has 0 radical (unpaired) electrons. The van der Waals surface area contributed by atoms with Crippen molar-refractivity contribution in [3.05, 3.63) is 12.2 Å². The molecule has 126 valence electrons. The minimum atomic E-state index is -1.03. The van der Waals surface area contributed by atoms with Crippen LogP contribution >= 0.6 is 0 Å². The molecule has 4 nitrogen and oxygen atoms in total. The highest BCUT2D eigenvalue weighted by Gasteiger charge is 2.35. The van der Waals surface area contributed by atoms with Gasteiger partial charge in [-0.1, -0.05) is 51.2 Å². The van der Waals surface area contributed by atoms with Crippen molar-refractivity contribution in [2.45, 2.75) is 89.8 Å². The van der Waals surface area contributed by atoms with Crippen LogP contribution in [-0.2, 0) is 14.3 Å². The Kier molecular flexibility index (Phi) is 9.80. The summed E-state index contributed by atoms with van der Waals surface area (Å²) >= 11 is 0. The monoisotopic (exact) mass is 310 g/mol. The van der Waals surface area contributed by atoms with Crippen molar-refractivity contribution in [3.63, 3.8) is 0 Å². The number of ketones is 1. The van der Waals surface area contributed by atoms with Gasteiger partial charge in [0, 0.05) is 6.42 Å². The maximum absolute atomic E-state index is 11.2. The summed E-state index contributed by atoms with van der Waals surface area (Å²) in [4.78, 5) is 21.5. The van der Waals surface area contributed by atoms with Gasteiger partial charge in [-0.15, -0.1) is 0 Å². The summed E-state index contributed by atoms with van der Waals surface area (Å²) in [5, 5.41) is 8.47. The zero-order valence-corrected chi connectivity index (χ0v) is 13.8. The molecule has 22 heavy (non-hydrogen) atoms. The smallest absolute Gasteiger partial charge is 0.310 e. The molecule has 0 aliphatic carbocycles. The predicted molar refractivity (Wildman–Crippen MR) is 86.9 cm³/mol. The molecule has 0 aromatic rings. The van der Waals surface area contributed by atoms with Crippen LogP contribution in [0.2, 0.25) is 0 Å². The van der Waals surface area contributed by atoms with Crippen LogP contribution in [0.25, 0.3) is 0 Å². The summed E-state index contributed by atoms with van der Waals surface area (Å²) in [6.07, 6.45) is 15.4. The third-order valence-corrected chi connectivity index (χ3v) is 3.96. The van der Waals surface area contributed by atoms with Crippen LogP contribution in [0.3, 0.4) is 0 Å². The number of aliphatic carboxylic acids is 1. The van der Waals surface area contributed by atoms with Crippen LogP contribution in [0.15, 0.2) is 12.2 Å². The van der Waals surface area contributed by atoms with Crippen molar-refractivity contribution in [1.82, 2.24) is 0 Å². The molecule has 0 aromatic carbocycles. The van der Waals surface area contributed by atoms with E-state index in [-0.39, 0.29) is 12.2 Å². The van der Waals surface area contributed by atoms with Gasteiger partial charge >= 0.3 is 5.97 Å². The van der Waals surface area contributed by atoms with Crippen LogP contribution < -0.4 is 0 Å². The highest BCUT2D eigenvalue weighted by molar-refractivity contribution is 5.94. The standard InChI is InChI=1S/C18H30O4/c1-2-3-4-9-12-16-17(22-16)13-10-7-5-6-8-11-15(19)14-18(20)21/h10,13,16-17H,2-9,11-12,14H2,1H3,(H,20,21)/b13-10+. The predicted octanol–water partition coefficient (Wildman–Crippen LogP) is 4.27. The van der Waals surface area contributed by atoms with Crippen molar-refractivity contribution in [3.8, 4) is 0 Å². The molecule has 4 heteroatoms. The Morgan fingerprint density at radius 1 is 1.09 bits per heavy atom. The van der Waals surface area contributed by atoms with E-state index in [1.807, 2.05) is 0 Å². The topological polar surface area (TPSA) is 66.9 Å². The highest BCUT2D eigenvalue weighted by atomic mass is 16.6. The number of hydrogen-bond acceptors (Lipinski definition) is 3. The minimum absolute atomic E-state index is 0.166. The zero-order chi connectivity index (χ0) is 16.2. The largest absolute Gasteiger partial charge is 0.481 e. The normalized spacial score (nSPS) is 20.4. The number of rotatable bonds is 14. The Balaban J connectivity index is 1.89. The Morgan fingerprint density at radius 3 is 2.59 bits per heavy atom. The molecule has 1 rings (SSSR count). The van der Waals surface area contributed by atoms with Gasteiger partial charge in [0.15, 0.2) is 0 Å². The quantitative estimate of drug-likeness (QED) is 0.225. The van der Waals surface area contributed by atoms with E-state index in [9.17, 15) is 9.59 Å². The van der Waals surface area contributed by atoms with Crippen molar-refractivity contribution < 1.29 is 19.4 Å². The van der Waals surface area contributed by atoms with Gasteiger partial charge < -0.3 is 9.84 Å². The summed E-state index contributed by atoms with van der Waals surface area (Å²) in [6.45, 7) is 2.22. The fourth-order valence-electron chi connectivity index (χ4n) is 2.58. The Hall–Kier alpha value is -1.16. The first kappa shape index (κ1) is 18.9. The van der Waals surface area contributed by atoms with E-state index in [2.05, 4.69) is 19.1 Å². The van der Waals surface area contributed by atoms with Gasteiger partial charge in [-0.3, -0.25) is 9.59 Å². The molecule has 1 fully saturated rings. The lowest BCUT2D eigenvalue weighted by Gasteiger charge is -1.98. The second-order valence-corrected chi connectivity index (χ2v) is 6.13. The summed E-state index contributed by atoms with van der Waals surface area (Å²) in [5.41, 5.74) is 0. The number of unbranched alkanes of at least 4 members (excludes halogenated alkanes) is 6. The van der Waals surface area contributed by atoms with Crippen LogP contribution in [0.1, 0.15) is 77.6 Å². The molecule has 0 amide bonds. The third kappa shape index (κ3) is 9.72. The Bertz CT molecular complexity index is 362. The summed E-state index contributed by atoms with van der Waals surface area (Å²) < 4.78 is 5.61. The molecule has 1 heterocycles. The van der Waals surface area contributed by atoms with Gasteiger partial charge in [0.25, 0.3) is 0 Å². The van der Waals surface area contributed by atoms with Gasteiger partial charge in [0.05, 0.1) is 6.10 Å². The average Bonchev–Trinajstić information content (AvgIpc) is 3.20. The second kappa shape index (κ2) is 11.4. The number of allylic oxidation sites excluding steroid dienone is 1. The molecular formula is C18H30O4. The van der Waals surface area contributed by atoms with Gasteiger partial charge in [-0.25, -0.2) is 0 Å². The highest BCUT2D eigenvalue weighted by Crippen LogP contribution is 2.28. The van der Waals surface area contributed by atoms with E-state index < -0.39 is 5.97 Å². The van der Waals surface area contributed by atoms with Crippen molar-refractivity contribution in [2.24, 2.45) is 0 Å². The Labute approximate surface area is 133 Å². The Morgan fingerprint density at radius 2 is 1.86 bits per heavy atom. The molecule has 1 aliphatic rings. The lowest BCUT2D eigenvalue weighted by molar-refractivity contribution is -0.140. The number of carboxylic acids is 1. The molecule has 0 aromatic heterocycles. The number of hydrogen-bond donors (Lipinski definition) is 1. The van der Waals surface area contributed by atoms with Crippen molar-refractivity contribution in [1.29, 1.82) is 0 Å². The number of ether oxygens (including phenoxy) is 1.